The Kier molecular flexibility index (Phi) is 9.73. The number of fused-ring (bicyclic) bond motifs is 1. The zero-order chi connectivity index (χ0) is 22.6. The lowest BCUT2D eigenvalue weighted by Gasteiger charge is -2.18. The van der Waals surface area contributed by atoms with Crippen molar-refractivity contribution in [1.82, 2.24) is 19.4 Å². The fourth-order valence-electron chi connectivity index (χ4n) is 4.25. The summed E-state index contributed by atoms with van der Waals surface area (Å²) in [6.45, 7) is 3.71. The third-order valence-electron chi connectivity index (χ3n) is 6.12. The summed E-state index contributed by atoms with van der Waals surface area (Å²) in [5.41, 5.74) is 2.81. The van der Waals surface area contributed by atoms with Gasteiger partial charge in [0.05, 0.1) is 17.6 Å². The maximum Gasteiger partial charge on any atom is 0.254 e. The highest BCUT2D eigenvalue weighted by atomic mass is 16.2. The van der Waals surface area contributed by atoms with Gasteiger partial charge in [0.2, 0.25) is 0 Å². The highest BCUT2D eigenvalue weighted by Gasteiger charge is 2.16. The number of benzene rings is 1. The predicted octanol–water partition coefficient (Wildman–Crippen LogP) is 6.62. The Morgan fingerprint density at radius 1 is 0.875 bits per heavy atom. The minimum Gasteiger partial charge on any atom is -0.334 e. The molecule has 0 atom stereocenters. The lowest BCUT2D eigenvalue weighted by molar-refractivity contribution is 0.0780. The molecule has 0 saturated carbocycles. The molecular weight excluding hydrogens is 396 g/mol. The number of aromatic nitrogens is 3. The van der Waals surface area contributed by atoms with Gasteiger partial charge < -0.3 is 9.47 Å². The molecule has 0 radical (unpaired) electrons. The van der Waals surface area contributed by atoms with Gasteiger partial charge in [0.15, 0.2) is 0 Å². The summed E-state index contributed by atoms with van der Waals surface area (Å²) < 4.78 is 2.30. The van der Waals surface area contributed by atoms with Crippen molar-refractivity contribution in [2.75, 3.05) is 7.05 Å². The van der Waals surface area contributed by atoms with E-state index in [0.29, 0.717) is 12.1 Å². The quantitative estimate of drug-likeness (QED) is 0.268. The van der Waals surface area contributed by atoms with Crippen molar-refractivity contribution < 1.29 is 4.79 Å². The van der Waals surface area contributed by atoms with Crippen LogP contribution in [-0.4, -0.2) is 32.4 Å². The number of unbranched alkanes of at least 4 members (excludes halogenated alkanes) is 9. The summed E-state index contributed by atoms with van der Waals surface area (Å²) in [7, 11) is 1.84. The maximum absolute atomic E-state index is 12.8. The number of para-hydroxylation sites is 2. The molecule has 0 aliphatic heterocycles. The molecule has 0 unspecified atom stereocenters. The van der Waals surface area contributed by atoms with Crippen molar-refractivity contribution in [3.8, 4) is 0 Å². The van der Waals surface area contributed by atoms with E-state index in [-0.39, 0.29) is 5.91 Å². The van der Waals surface area contributed by atoms with Gasteiger partial charge in [0, 0.05) is 31.5 Å². The lowest BCUT2D eigenvalue weighted by Crippen LogP contribution is -2.27. The standard InChI is InChI=1S/C27H38N4O/c1-3-4-5-6-7-8-9-10-11-14-21-31-25-16-13-12-15-24(25)29-26(31)22-30(2)27(32)23-17-19-28-20-18-23/h12-13,15-20H,3-11,14,21-22H2,1-2H3. The van der Waals surface area contributed by atoms with E-state index >= 15 is 0 Å². The molecule has 0 fully saturated rings. The van der Waals surface area contributed by atoms with Gasteiger partial charge in [-0.15, -0.1) is 0 Å². The monoisotopic (exact) mass is 434 g/mol. The van der Waals surface area contributed by atoms with Gasteiger partial charge in [-0.1, -0.05) is 76.8 Å². The minimum atomic E-state index is -0.00931. The van der Waals surface area contributed by atoms with Crippen molar-refractivity contribution in [3.05, 3.63) is 60.2 Å². The van der Waals surface area contributed by atoms with E-state index in [0.717, 1.165) is 29.8 Å². The van der Waals surface area contributed by atoms with E-state index in [9.17, 15) is 4.79 Å². The molecule has 0 saturated heterocycles. The second kappa shape index (κ2) is 13.0. The van der Waals surface area contributed by atoms with Crippen LogP contribution in [0, 0.1) is 0 Å². The zero-order valence-corrected chi connectivity index (χ0v) is 19.8. The molecule has 0 aliphatic rings. The molecule has 0 N–H and O–H groups in total. The van der Waals surface area contributed by atoms with Gasteiger partial charge in [-0.2, -0.15) is 0 Å². The number of carbonyl (C=O) groups excluding carboxylic acids is 1. The van der Waals surface area contributed by atoms with E-state index in [2.05, 4.69) is 34.7 Å². The fourth-order valence-corrected chi connectivity index (χ4v) is 4.25. The van der Waals surface area contributed by atoms with Crippen LogP contribution < -0.4 is 0 Å². The van der Waals surface area contributed by atoms with Crippen molar-refractivity contribution >= 4 is 16.9 Å². The van der Waals surface area contributed by atoms with Crippen LogP contribution in [0.2, 0.25) is 0 Å². The number of amides is 1. The highest BCUT2D eigenvalue weighted by Crippen LogP contribution is 2.19. The number of hydrogen-bond acceptors (Lipinski definition) is 3. The summed E-state index contributed by atoms with van der Waals surface area (Å²) >= 11 is 0. The van der Waals surface area contributed by atoms with Gasteiger partial charge in [0.1, 0.15) is 5.82 Å². The first kappa shape index (κ1) is 24.0. The third kappa shape index (κ3) is 6.91. The van der Waals surface area contributed by atoms with Gasteiger partial charge in [-0.3, -0.25) is 9.78 Å². The summed E-state index contributed by atoms with van der Waals surface area (Å²) in [6, 6.07) is 11.8. The minimum absolute atomic E-state index is 0.00931. The van der Waals surface area contributed by atoms with Crippen molar-refractivity contribution in [3.63, 3.8) is 0 Å². The van der Waals surface area contributed by atoms with Crippen LogP contribution in [0.1, 0.15) is 87.3 Å². The number of pyridine rings is 1. The van der Waals surface area contributed by atoms with E-state index in [4.69, 9.17) is 4.98 Å². The topological polar surface area (TPSA) is 51.0 Å². The van der Waals surface area contributed by atoms with Gasteiger partial charge >= 0.3 is 0 Å². The van der Waals surface area contributed by atoms with Crippen LogP contribution in [-0.2, 0) is 13.1 Å². The number of aryl methyl sites for hydroxylation is 1. The Hall–Kier alpha value is -2.69. The Bertz CT molecular complexity index is 951. The molecule has 3 aromatic rings. The molecule has 2 heterocycles. The predicted molar refractivity (Wildman–Crippen MR) is 132 cm³/mol. The largest absolute Gasteiger partial charge is 0.334 e. The van der Waals surface area contributed by atoms with E-state index < -0.39 is 0 Å². The number of imidazole rings is 1. The first-order chi connectivity index (χ1) is 15.7. The first-order valence-corrected chi connectivity index (χ1v) is 12.3. The average molecular weight is 435 g/mol. The summed E-state index contributed by atoms with van der Waals surface area (Å²) in [6.07, 6.45) is 16.6. The SMILES string of the molecule is CCCCCCCCCCCCn1c(CN(C)C(=O)c2ccncc2)nc2ccccc21. The highest BCUT2D eigenvalue weighted by molar-refractivity contribution is 5.93. The van der Waals surface area contributed by atoms with Crippen LogP contribution in [0.15, 0.2) is 48.8 Å². The van der Waals surface area contributed by atoms with Gasteiger partial charge in [-0.05, 0) is 30.7 Å². The Morgan fingerprint density at radius 2 is 1.50 bits per heavy atom. The van der Waals surface area contributed by atoms with Crippen molar-refractivity contribution in [2.45, 2.75) is 84.2 Å². The molecule has 1 amide bonds. The van der Waals surface area contributed by atoms with Crippen LogP contribution in [0.5, 0.6) is 0 Å². The summed E-state index contributed by atoms with van der Waals surface area (Å²) in [4.78, 5) is 23.4. The number of carbonyl (C=O) groups is 1. The Balaban J connectivity index is 1.53. The normalized spacial score (nSPS) is 11.2. The van der Waals surface area contributed by atoms with Gasteiger partial charge in [-0.25, -0.2) is 4.98 Å². The molecule has 5 heteroatoms. The fraction of sp³-hybridized carbons (Fsp3) is 0.519. The number of hydrogen-bond donors (Lipinski definition) is 0. The van der Waals surface area contributed by atoms with Crippen molar-refractivity contribution in [2.24, 2.45) is 0 Å². The number of rotatable bonds is 14. The van der Waals surface area contributed by atoms with Crippen LogP contribution >= 0.6 is 0 Å². The molecular formula is C27H38N4O. The Labute approximate surface area is 192 Å². The van der Waals surface area contributed by atoms with E-state index in [1.807, 2.05) is 13.1 Å². The molecule has 3 rings (SSSR count). The second-order valence-corrected chi connectivity index (χ2v) is 8.75. The smallest absolute Gasteiger partial charge is 0.254 e. The van der Waals surface area contributed by atoms with Crippen LogP contribution in [0.4, 0.5) is 0 Å². The molecule has 2 aromatic heterocycles. The van der Waals surface area contributed by atoms with Crippen LogP contribution in [0.3, 0.4) is 0 Å². The molecule has 0 aliphatic carbocycles. The Morgan fingerprint density at radius 3 is 2.19 bits per heavy atom. The second-order valence-electron chi connectivity index (χ2n) is 8.75. The molecule has 172 valence electrons. The molecule has 32 heavy (non-hydrogen) atoms. The van der Waals surface area contributed by atoms with E-state index in [1.54, 1.807) is 29.4 Å². The molecule has 5 nitrogen and oxygen atoms in total. The van der Waals surface area contributed by atoms with Gasteiger partial charge in [0.25, 0.3) is 5.91 Å². The third-order valence-corrected chi connectivity index (χ3v) is 6.12. The summed E-state index contributed by atoms with van der Waals surface area (Å²) in [5, 5.41) is 0. The van der Waals surface area contributed by atoms with Crippen molar-refractivity contribution in [1.29, 1.82) is 0 Å². The van der Waals surface area contributed by atoms with E-state index in [1.165, 1.54) is 57.8 Å². The molecule has 1 aromatic carbocycles. The molecule has 0 spiro atoms. The van der Waals surface area contributed by atoms with Crippen LogP contribution in [0.25, 0.3) is 11.0 Å². The average Bonchev–Trinajstić information content (AvgIpc) is 3.17. The number of nitrogens with zero attached hydrogens (tertiary/aromatic N) is 4. The lowest BCUT2D eigenvalue weighted by atomic mass is 10.1. The first-order valence-electron chi connectivity index (χ1n) is 12.3. The molecule has 0 bridgehead atoms. The zero-order valence-electron chi connectivity index (χ0n) is 19.8. The maximum atomic E-state index is 12.8. The summed E-state index contributed by atoms with van der Waals surface area (Å²) in [5.74, 6) is 0.942.